The molecule has 0 amide bonds. The molecule has 0 aliphatic carbocycles. The summed E-state index contributed by atoms with van der Waals surface area (Å²) in [6, 6.07) is 11.2. The van der Waals surface area contributed by atoms with E-state index < -0.39 is 0 Å². The molecule has 0 fully saturated rings. The van der Waals surface area contributed by atoms with Gasteiger partial charge in [-0.05, 0) is 29.7 Å². The van der Waals surface area contributed by atoms with Gasteiger partial charge in [0.2, 0.25) is 4.96 Å². The van der Waals surface area contributed by atoms with Gasteiger partial charge in [-0.3, -0.25) is 4.79 Å². The first-order valence-corrected chi connectivity index (χ1v) is 8.49. The molecule has 0 spiro atoms. The minimum Gasteiger partial charge on any atom is -0.266 e. The van der Waals surface area contributed by atoms with E-state index >= 15 is 0 Å². The van der Waals surface area contributed by atoms with Crippen LogP contribution in [0.15, 0.2) is 46.6 Å². The molecule has 0 atom stereocenters. The van der Waals surface area contributed by atoms with Crippen molar-refractivity contribution in [2.45, 2.75) is 0 Å². The number of aromatic nitrogens is 3. The maximum atomic E-state index is 12.4. The number of hydrogen-bond acceptors (Lipinski definition) is 5. The quantitative estimate of drug-likeness (QED) is 0.561. The zero-order valence-electron chi connectivity index (χ0n) is 11.1. The lowest BCUT2D eigenvalue weighted by molar-refractivity contribution is 0.937. The Bertz CT molecular complexity index is 1070. The van der Waals surface area contributed by atoms with Crippen molar-refractivity contribution in [1.82, 2.24) is 14.6 Å². The molecule has 0 N–H and O–H groups in total. The van der Waals surface area contributed by atoms with Gasteiger partial charge in [0.15, 0.2) is 5.82 Å². The van der Waals surface area contributed by atoms with Crippen LogP contribution >= 0.6 is 34.3 Å². The molecule has 108 valence electrons. The first kappa shape index (κ1) is 13.6. The van der Waals surface area contributed by atoms with E-state index in [9.17, 15) is 4.79 Å². The summed E-state index contributed by atoms with van der Waals surface area (Å²) < 4.78 is 1.98. The first-order valence-electron chi connectivity index (χ1n) is 6.41. The average molecular weight is 346 g/mol. The molecule has 3 aromatic heterocycles. The third-order valence-corrected chi connectivity index (χ3v) is 5.09. The van der Waals surface area contributed by atoms with Crippen LogP contribution in [0.1, 0.15) is 4.88 Å². The van der Waals surface area contributed by atoms with Crippen LogP contribution in [-0.2, 0) is 0 Å². The Morgan fingerprint density at radius 3 is 2.86 bits per heavy atom. The molecule has 0 aliphatic rings. The fraction of sp³-hybridized carbons (Fsp3) is 0. The van der Waals surface area contributed by atoms with Gasteiger partial charge in [-0.1, -0.05) is 41.1 Å². The maximum absolute atomic E-state index is 12.4. The molecule has 4 aromatic rings. The Labute approximate surface area is 137 Å². The maximum Gasteiger partial charge on any atom is 0.291 e. The smallest absolute Gasteiger partial charge is 0.266 e. The highest BCUT2D eigenvalue weighted by molar-refractivity contribution is 7.15. The first-order chi connectivity index (χ1) is 10.7. The van der Waals surface area contributed by atoms with Gasteiger partial charge in [-0.25, -0.2) is 0 Å². The van der Waals surface area contributed by atoms with Crippen molar-refractivity contribution in [1.29, 1.82) is 0 Å². The predicted octanol–water partition coefficient (Wildman–Crippen LogP) is 3.08. The van der Waals surface area contributed by atoms with Gasteiger partial charge in [0.05, 0.1) is 4.53 Å². The van der Waals surface area contributed by atoms with Gasteiger partial charge in [-0.15, -0.1) is 16.4 Å². The normalized spacial score (nSPS) is 12.3. The van der Waals surface area contributed by atoms with Crippen LogP contribution in [0, 0.1) is 0 Å². The summed E-state index contributed by atoms with van der Waals surface area (Å²) >= 11 is 8.90. The van der Waals surface area contributed by atoms with Gasteiger partial charge in [-0.2, -0.15) is 9.50 Å². The van der Waals surface area contributed by atoms with Crippen molar-refractivity contribution in [3.8, 4) is 11.4 Å². The molecule has 0 bridgehead atoms. The molecule has 22 heavy (non-hydrogen) atoms. The summed E-state index contributed by atoms with van der Waals surface area (Å²) in [5.74, 6) is 0.508. The van der Waals surface area contributed by atoms with Crippen molar-refractivity contribution in [3.05, 3.63) is 66.6 Å². The zero-order chi connectivity index (χ0) is 15.1. The lowest BCUT2D eigenvalue weighted by atomic mass is 10.2. The third-order valence-electron chi connectivity index (χ3n) is 3.08. The second-order valence-corrected chi connectivity index (χ2v) is 7.00. The van der Waals surface area contributed by atoms with E-state index in [1.165, 1.54) is 15.9 Å². The van der Waals surface area contributed by atoms with E-state index in [0.29, 0.717) is 20.3 Å². The molecule has 1 aromatic carbocycles. The van der Waals surface area contributed by atoms with Crippen molar-refractivity contribution in [3.63, 3.8) is 0 Å². The minimum atomic E-state index is -0.144. The average Bonchev–Trinajstić information content (AvgIpc) is 3.20. The molecule has 4 nitrogen and oxygen atoms in total. The van der Waals surface area contributed by atoms with Crippen LogP contribution < -0.4 is 10.1 Å². The number of thiophene rings is 1. The van der Waals surface area contributed by atoms with Gasteiger partial charge in [0.25, 0.3) is 5.56 Å². The van der Waals surface area contributed by atoms with Crippen molar-refractivity contribution < 1.29 is 0 Å². The molecule has 4 rings (SSSR count). The Balaban J connectivity index is 1.86. The number of benzene rings is 1. The third kappa shape index (κ3) is 2.35. The standard InChI is InChI=1S/C15H8ClN3OS2/c16-10-4-1-3-9(7-10)13-17-15-19(18-13)14(20)12(22-15)8-11-5-2-6-21-11/h1-8H/b12-8-. The number of thiazole rings is 1. The summed E-state index contributed by atoms with van der Waals surface area (Å²) in [5.41, 5.74) is 0.653. The van der Waals surface area contributed by atoms with Crippen molar-refractivity contribution in [2.24, 2.45) is 0 Å². The van der Waals surface area contributed by atoms with Crippen LogP contribution in [0.5, 0.6) is 0 Å². The molecule has 0 saturated heterocycles. The van der Waals surface area contributed by atoms with E-state index in [1.807, 2.05) is 35.7 Å². The highest BCUT2D eigenvalue weighted by atomic mass is 35.5. The summed E-state index contributed by atoms with van der Waals surface area (Å²) in [7, 11) is 0. The van der Waals surface area contributed by atoms with Crippen LogP contribution in [0.3, 0.4) is 0 Å². The number of fused-ring (bicyclic) bond motifs is 1. The van der Waals surface area contributed by atoms with E-state index in [1.54, 1.807) is 23.5 Å². The summed E-state index contributed by atoms with van der Waals surface area (Å²) in [4.78, 5) is 18.4. The topological polar surface area (TPSA) is 47.3 Å². The number of nitrogens with zero attached hydrogens (tertiary/aromatic N) is 3. The molecule has 0 radical (unpaired) electrons. The molecule has 0 unspecified atom stereocenters. The van der Waals surface area contributed by atoms with E-state index in [-0.39, 0.29) is 5.56 Å². The molecule has 3 heterocycles. The summed E-state index contributed by atoms with van der Waals surface area (Å²) in [6.45, 7) is 0. The number of hydrogen-bond donors (Lipinski definition) is 0. The Hall–Kier alpha value is -2.02. The fourth-order valence-electron chi connectivity index (χ4n) is 2.09. The molecule has 0 saturated carbocycles. The highest BCUT2D eigenvalue weighted by Gasteiger charge is 2.12. The van der Waals surface area contributed by atoms with Crippen LogP contribution in [0.2, 0.25) is 5.02 Å². The summed E-state index contributed by atoms with van der Waals surface area (Å²) in [6.07, 6.45) is 1.87. The zero-order valence-corrected chi connectivity index (χ0v) is 13.5. The van der Waals surface area contributed by atoms with E-state index in [2.05, 4.69) is 10.1 Å². The largest absolute Gasteiger partial charge is 0.291 e. The van der Waals surface area contributed by atoms with Gasteiger partial charge in [0.1, 0.15) is 0 Å². The fourth-order valence-corrected chi connectivity index (χ4v) is 3.91. The molecular weight excluding hydrogens is 338 g/mol. The lowest BCUT2D eigenvalue weighted by Crippen LogP contribution is -2.23. The summed E-state index contributed by atoms with van der Waals surface area (Å²) in [5, 5.41) is 6.89. The van der Waals surface area contributed by atoms with E-state index in [0.717, 1.165) is 10.4 Å². The second kappa shape index (κ2) is 5.31. The predicted molar refractivity (Wildman–Crippen MR) is 90.7 cm³/mol. The van der Waals surface area contributed by atoms with Crippen molar-refractivity contribution in [2.75, 3.05) is 0 Å². The van der Waals surface area contributed by atoms with Crippen molar-refractivity contribution >= 4 is 45.3 Å². The van der Waals surface area contributed by atoms with Crippen LogP contribution in [-0.4, -0.2) is 14.6 Å². The number of rotatable bonds is 2. The Morgan fingerprint density at radius 2 is 2.14 bits per heavy atom. The van der Waals surface area contributed by atoms with Crippen LogP contribution in [0.25, 0.3) is 22.4 Å². The monoisotopic (exact) mass is 345 g/mol. The van der Waals surface area contributed by atoms with E-state index in [4.69, 9.17) is 11.6 Å². The number of halogens is 1. The highest BCUT2D eigenvalue weighted by Crippen LogP contribution is 2.20. The van der Waals surface area contributed by atoms with Crippen LogP contribution in [0.4, 0.5) is 0 Å². The SMILES string of the molecule is O=c1/c(=C/c2cccs2)sc2nc(-c3cccc(Cl)c3)nn12. The molecule has 0 aliphatic heterocycles. The van der Waals surface area contributed by atoms with Gasteiger partial charge in [0, 0.05) is 15.5 Å². The second-order valence-electron chi connectivity index (χ2n) is 4.57. The molecular formula is C15H8ClN3OS2. The molecule has 7 heteroatoms. The Morgan fingerprint density at radius 1 is 1.23 bits per heavy atom. The van der Waals surface area contributed by atoms with Gasteiger partial charge >= 0.3 is 0 Å². The minimum absolute atomic E-state index is 0.144. The lowest BCUT2D eigenvalue weighted by Gasteiger charge is -1.94. The van der Waals surface area contributed by atoms with Gasteiger partial charge < -0.3 is 0 Å². The Kier molecular flexibility index (Phi) is 3.29.